The maximum atomic E-state index is 13.6. The van der Waals surface area contributed by atoms with Crippen LogP contribution in [0.3, 0.4) is 0 Å². The smallest absolute Gasteiger partial charge is 0.255 e. The highest BCUT2D eigenvalue weighted by Gasteiger charge is 2.73. The second-order valence-corrected chi connectivity index (χ2v) is 8.58. The van der Waals surface area contributed by atoms with Gasteiger partial charge in [-0.25, -0.2) is 13.8 Å². The van der Waals surface area contributed by atoms with Crippen molar-refractivity contribution in [1.29, 1.82) is 0 Å². The molecule has 9 heteroatoms. The molecule has 1 unspecified atom stereocenters. The van der Waals surface area contributed by atoms with Crippen molar-refractivity contribution in [2.45, 2.75) is 31.7 Å². The fourth-order valence-electron chi connectivity index (χ4n) is 5.11. The normalized spacial score (nSPS) is 28.6. The zero-order valence-corrected chi connectivity index (χ0v) is 16.3. The first-order chi connectivity index (χ1) is 14.3. The molecule has 3 fully saturated rings. The molecule has 7 nitrogen and oxygen atoms in total. The van der Waals surface area contributed by atoms with E-state index in [1.807, 2.05) is 0 Å². The van der Waals surface area contributed by atoms with Crippen LogP contribution in [0.5, 0.6) is 5.88 Å². The summed E-state index contributed by atoms with van der Waals surface area (Å²) in [5.74, 6) is -0.614. The Balaban J connectivity index is 1.23. The molecule has 2 heterocycles. The standard InChI is InChI=1S/C21H19F2N5O2/c1-24-17-8-18(26-27(17)2)30-12-20-9-21(10-20,11-20)19(29)28-16(3-4-25-28)13-5-14(22)7-15(23)6-13/h4-8,16H,3,9-12H2,2H3. The molecule has 0 spiro atoms. The Morgan fingerprint density at radius 1 is 1.27 bits per heavy atom. The highest BCUT2D eigenvalue weighted by atomic mass is 19.1. The number of nitrogens with zero attached hydrogens (tertiary/aromatic N) is 5. The second-order valence-electron chi connectivity index (χ2n) is 8.58. The van der Waals surface area contributed by atoms with Crippen LogP contribution >= 0.6 is 0 Å². The van der Waals surface area contributed by atoms with Crippen molar-refractivity contribution in [3.8, 4) is 5.88 Å². The quantitative estimate of drug-likeness (QED) is 0.704. The first kappa shape index (κ1) is 18.7. The fourth-order valence-corrected chi connectivity index (χ4v) is 5.11. The van der Waals surface area contributed by atoms with Gasteiger partial charge < -0.3 is 9.58 Å². The lowest BCUT2D eigenvalue weighted by Crippen LogP contribution is -2.69. The molecular formula is C21H19F2N5O2. The van der Waals surface area contributed by atoms with E-state index >= 15 is 0 Å². The predicted molar refractivity (Wildman–Crippen MR) is 103 cm³/mol. The molecule has 3 aliphatic carbocycles. The van der Waals surface area contributed by atoms with Gasteiger partial charge in [-0.3, -0.25) is 4.79 Å². The van der Waals surface area contributed by atoms with Gasteiger partial charge in [0.1, 0.15) is 11.6 Å². The Kier molecular flexibility index (Phi) is 3.97. The van der Waals surface area contributed by atoms with E-state index in [-0.39, 0.29) is 11.3 Å². The van der Waals surface area contributed by atoms with Gasteiger partial charge in [-0.2, -0.15) is 9.78 Å². The largest absolute Gasteiger partial charge is 0.476 e. The summed E-state index contributed by atoms with van der Waals surface area (Å²) in [5.41, 5.74) is -0.121. The molecule has 1 aliphatic heterocycles. The number of ether oxygens (including phenoxy) is 1. The summed E-state index contributed by atoms with van der Waals surface area (Å²) in [7, 11) is 1.69. The lowest BCUT2D eigenvalue weighted by molar-refractivity contribution is -0.227. The van der Waals surface area contributed by atoms with E-state index in [4.69, 9.17) is 11.3 Å². The summed E-state index contributed by atoms with van der Waals surface area (Å²) in [5, 5.41) is 9.75. The van der Waals surface area contributed by atoms with Gasteiger partial charge in [0.15, 0.2) is 0 Å². The summed E-state index contributed by atoms with van der Waals surface area (Å²) in [4.78, 5) is 16.5. The number of amides is 1. The van der Waals surface area contributed by atoms with Crippen LogP contribution in [0.4, 0.5) is 14.6 Å². The van der Waals surface area contributed by atoms with Crippen molar-refractivity contribution in [2.75, 3.05) is 6.61 Å². The van der Waals surface area contributed by atoms with E-state index in [0.717, 1.165) is 6.07 Å². The van der Waals surface area contributed by atoms with Gasteiger partial charge in [-0.1, -0.05) is 11.7 Å². The first-order valence-electron chi connectivity index (χ1n) is 9.70. The summed E-state index contributed by atoms with van der Waals surface area (Å²) in [6, 6.07) is 4.44. The third-order valence-corrected chi connectivity index (χ3v) is 6.38. The van der Waals surface area contributed by atoms with Gasteiger partial charge in [0, 0.05) is 30.2 Å². The second kappa shape index (κ2) is 6.36. The van der Waals surface area contributed by atoms with Gasteiger partial charge in [-0.05, 0) is 37.0 Å². The number of hydrogen-bond donors (Lipinski definition) is 0. The van der Waals surface area contributed by atoms with E-state index in [2.05, 4.69) is 15.0 Å². The summed E-state index contributed by atoms with van der Waals surface area (Å²) in [6.45, 7) is 7.52. The molecule has 6 rings (SSSR count). The molecule has 3 saturated carbocycles. The van der Waals surface area contributed by atoms with Crippen molar-refractivity contribution in [3.63, 3.8) is 0 Å². The van der Waals surface area contributed by atoms with Crippen molar-refractivity contribution in [1.82, 2.24) is 14.8 Å². The average molecular weight is 411 g/mol. The molecule has 154 valence electrons. The topological polar surface area (TPSA) is 64.1 Å². The maximum absolute atomic E-state index is 13.6. The molecule has 0 radical (unpaired) electrons. The molecule has 1 amide bonds. The summed E-state index contributed by atoms with van der Waals surface area (Å²) in [6.07, 6.45) is 4.13. The van der Waals surface area contributed by atoms with E-state index < -0.39 is 23.1 Å². The Hall–Kier alpha value is -3.28. The van der Waals surface area contributed by atoms with Crippen LogP contribution in [0.15, 0.2) is 29.4 Å². The minimum atomic E-state index is -0.665. The number of hydrogen-bond acceptors (Lipinski definition) is 4. The van der Waals surface area contributed by atoms with Crippen molar-refractivity contribution in [3.05, 3.63) is 52.9 Å². The molecule has 0 saturated heterocycles. The van der Waals surface area contributed by atoms with Gasteiger partial charge in [0.2, 0.25) is 11.8 Å². The predicted octanol–water partition coefficient (Wildman–Crippen LogP) is 3.76. The minimum absolute atomic E-state index is 0.0602. The molecule has 0 N–H and O–H groups in total. The van der Waals surface area contributed by atoms with Crippen molar-refractivity contribution >= 4 is 17.9 Å². The van der Waals surface area contributed by atoms with Crippen LogP contribution in [-0.2, 0) is 11.8 Å². The van der Waals surface area contributed by atoms with Crippen LogP contribution in [-0.4, -0.2) is 33.5 Å². The van der Waals surface area contributed by atoms with Gasteiger partial charge >= 0.3 is 0 Å². The molecule has 1 atom stereocenters. The number of aryl methyl sites for hydroxylation is 1. The average Bonchev–Trinajstić information content (AvgIpc) is 3.25. The molecule has 1 aromatic heterocycles. The number of carbonyl (C=O) groups excluding carboxylic acids is 1. The van der Waals surface area contributed by atoms with E-state index in [9.17, 15) is 13.6 Å². The van der Waals surface area contributed by atoms with Crippen LogP contribution < -0.4 is 4.74 Å². The number of hydrazone groups is 1. The lowest BCUT2D eigenvalue weighted by Gasteiger charge is -2.69. The zero-order chi connectivity index (χ0) is 21.1. The summed E-state index contributed by atoms with van der Waals surface area (Å²) >= 11 is 0. The van der Waals surface area contributed by atoms with Crippen LogP contribution in [0.1, 0.15) is 37.3 Å². The molecule has 2 aromatic rings. The zero-order valence-electron chi connectivity index (χ0n) is 16.3. The Morgan fingerprint density at radius 3 is 2.60 bits per heavy atom. The number of rotatable bonds is 5. The minimum Gasteiger partial charge on any atom is -0.476 e. The SMILES string of the molecule is [C-]#[N+]c1cc(OCC23CC(C(=O)N4N=CCC4c4cc(F)cc(F)c4)(C2)C3)nn1C. The third-order valence-electron chi connectivity index (χ3n) is 6.38. The van der Waals surface area contributed by atoms with Crippen LogP contribution in [0.25, 0.3) is 4.85 Å². The summed E-state index contributed by atoms with van der Waals surface area (Å²) < 4.78 is 34.5. The molecule has 30 heavy (non-hydrogen) atoms. The molecule has 2 bridgehead atoms. The Bertz CT molecular complexity index is 1080. The van der Waals surface area contributed by atoms with Crippen molar-refractivity contribution < 1.29 is 18.3 Å². The number of benzene rings is 1. The number of halogens is 2. The van der Waals surface area contributed by atoms with E-state index in [0.29, 0.717) is 49.6 Å². The molecular weight excluding hydrogens is 392 g/mol. The fraction of sp³-hybridized carbons (Fsp3) is 0.429. The van der Waals surface area contributed by atoms with Gasteiger partial charge in [-0.15, -0.1) is 0 Å². The highest BCUT2D eigenvalue weighted by Crippen LogP contribution is 2.74. The Morgan fingerprint density at radius 2 is 1.97 bits per heavy atom. The Labute approximate surface area is 171 Å². The lowest BCUT2D eigenvalue weighted by atomic mass is 9.35. The third kappa shape index (κ3) is 2.78. The van der Waals surface area contributed by atoms with Crippen molar-refractivity contribution in [2.24, 2.45) is 23.0 Å². The van der Waals surface area contributed by atoms with Crippen LogP contribution in [0.2, 0.25) is 0 Å². The highest BCUT2D eigenvalue weighted by molar-refractivity contribution is 5.88. The van der Waals surface area contributed by atoms with Crippen LogP contribution in [0, 0.1) is 29.0 Å². The van der Waals surface area contributed by atoms with E-state index in [1.165, 1.54) is 21.8 Å². The van der Waals surface area contributed by atoms with Gasteiger partial charge in [0.05, 0.1) is 25.1 Å². The first-order valence-corrected chi connectivity index (χ1v) is 9.70. The monoisotopic (exact) mass is 411 g/mol. The van der Waals surface area contributed by atoms with E-state index in [1.54, 1.807) is 19.3 Å². The molecule has 1 aromatic carbocycles. The number of aromatic nitrogens is 2. The molecule has 4 aliphatic rings. The van der Waals surface area contributed by atoms with Gasteiger partial charge in [0.25, 0.3) is 5.82 Å². The number of carbonyl (C=O) groups is 1. The maximum Gasteiger partial charge on any atom is 0.255 e.